The van der Waals surface area contributed by atoms with E-state index in [0.717, 1.165) is 41.4 Å². The summed E-state index contributed by atoms with van der Waals surface area (Å²) in [5.41, 5.74) is 4.32. The van der Waals surface area contributed by atoms with Crippen LogP contribution in [0.4, 0.5) is 11.4 Å². The number of nitrogens with one attached hydrogen (secondary N) is 2. The van der Waals surface area contributed by atoms with Gasteiger partial charge in [0.1, 0.15) is 17.1 Å². The molecule has 0 saturated carbocycles. The van der Waals surface area contributed by atoms with Crippen LogP contribution in [-0.2, 0) is 9.53 Å². The first kappa shape index (κ1) is 23.0. The lowest BCUT2D eigenvalue weighted by molar-refractivity contribution is -0.118. The molecule has 3 aromatic rings. The third-order valence-electron chi connectivity index (χ3n) is 5.49. The summed E-state index contributed by atoms with van der Waals surface area (Å²) in [5.74, 6) is 1.12. The second-order valence-corrected chi connectivity index (χ2v) is 8.07. The van der Waals surface area contributed by atoms with Crippen molar-refractivity contribution in [3.8, 4) is 22.8 Å². The van der Waals surface area contributed by atoms with Gasteiger partial charge in [-0.1, -0.05) is 11.6 Å². The predicted octanol–water partition coefficient (Wildman–Crippen LogP) is 3.06. The Morgan fingerprint density at radius 1 is 1.12 bits per heavy atom. The lowest BCUT2D eigenvalue weighted by Crippen LogP contribution is -2.37. The largest absolute Gasteiger partial charge is 0.496 e. The number of hydrogen-bond donors (Lipinski definition) is 2. The molecule has 1 fully saturated rings. The second kappa shape index (κ2) is 10.2. The fourth-order valence-electron chi connectivity index (χ4n) is 3.85. The Balaban J connectivity index is 1.72. The van der Waals surface area contributed by atoms with Crippen LogP contribution >= 0.6 is 11.6 Å². The number of aromatic nitrogens is 2. The molecule has 9 nitrogen and oxygen atoms in total. The number of anilines is 2. The zero-order valence-electron chi connectivity index (χ0n) is 19.0. The number of hydrogen-bond acceptors (Lipinski definition) is 7. The Bertz CT molecular complexity index is 1140. The lowest BCUT2D eigenvalue weighted by atomic mass is 10.1. The van der Waals surface area contributed by atoms with Gasteiger partial charge < -0.3 is 34.1 Å². The highest BCUT2D eigenvalue weighted by molar-refractivity contribution is 6.32. The third kappa shape index (κ3) is 5.09. The smallest absolute Gasteiger partial charge is 0.216 e. The van der Waals surface area contributed by atoms with E-state index in [2.05, 4.69) is 21.6 Å². The summed E-state index contributed by atoms with van der Waals surface area (Å²) in [4.78, 5) is 18.3. The summed E-state index contributed by atoms with van der Waals surface area (Å²) < 4.78 is 18.4. The van der Waals surface area contributed by atoms with Crippen molar-refractivity contribution >= 4 is 34.5 Å². The summed E-state index contributed by atoms with van der Waals surface area (Å²) in [6.07, 6.45) is 3.96. The van der Waals surface area contributed by atoms with Crippen molar-refractivity contribution in [3.63, 3.8) is 0 Å². The van der Waals surface area contributed by atoms with Gasteiger partial charge in [-0.15, -0.1) is 0 Å². The van der Waals surface area contributed by atoms with E-state index >= 15 is 0 Å². The average Bonchev–Trinajstić information content (AvgIpc) is 3.24. The van der Waals surface area contributed by atoms with Gasteiger partial charge in [0.05, 0.1) is 49.5 Å². The molecule has 1 amide bonds. The minimum absolute atomic E-state index is 0.0491. The van der Waals surface area contributed by atoms with Gasteiger partial charge in [-0.3, -0.25) is 4.79 Å². The first-order valence-electron chi connectivity index (χ1n) is 10.8. The van der Waals surface area contributed by atoms with Gasteiger partial charge in [0, 0.05) is 63.2 Å². The van der Waals surface area contributed by atoms with Crippen LogP contribution in [-0.4, -0.2) is 68.9 Å². The quantitative estimate of drug-likeness (QED) is 0.486. The monoisotopic (exact) mass is 473 g/mol. The van der Waals surface area contributed by atoms with Crippen LogP contribution in [0.25, 0.3) is 16.9 Å². The molecule has 2 N–H and O–H groups in total. The van der Waals surface area contributed by atoms with Crippen LogP contribution in [0.2, 0.25) is 5.02 Å². The number of carbonyl (C=O) groups excluding carboxylic acids is 1. The number of carbonyl (C=O) groups is 1. The van der Waals surface area contributed by atoms with E-state index in [9.17, 15) is 4.79 Å². The van der Waals surface area contributed by atoms with Gasteiger partial charge in [-0.25, -0.2) is 4.98 Å². The van der Waals surface area contributed by atoms with Crippen LogP contribution in [0.3, 0.4) is 0 Å². The van der Waals surface area contributed by atoms with Gasteiger partial charge in [0.25, 0.3) is 0 Å². The van der Waals surface area contributed by atoms with Crippen molar-refractivity contribution in [1.29, 1.82) is 0 Å². The van der Waals surface area contributed by atoms with Crippen molar-refractivity contribution in [2.75, 3.05) is 63.8 Å². The molecule has 0 spiro atoms. The molecule has 0 atom stereocenters. The molecule has 1 saturated heterocycles. The number of rotatable bonds is 8. The van der Waals surface area contributed by atoms with Crippen LogP contribution in [0.1, 0.15) is 6.92 Å². The normalized spacial score (nSPS) is 13.8. The maximum absolute atomic E-state index is 11.2. The van der Waals surface area contributed by atoms with Gasteiger partial charge in [-0.05, 0) is 6.07 Å². The molecule has 0 bridgehead atoms. The molecule has 1 aliphatic rings. The van der Waals surface area contributed by atoms with Gasteiger partial charge in [-0.2, -0.15) is 0 Å². The van der Waals surface area contributed by atoms with E-state index < -0.39 is 0 Å². The molecule has 1 aromatic carbocycles. The Hall–Kier alpha value is -3.17. The topological polar surface area (TPSA) is 89.4 Å². The number of nitrogens with zero attached hydrogens (tertiary/aromatic N) is 3. The molecule has 3 heterocycles. The van der Waals surface area contributed by atoms with Crippen LogP contribution < -0.4 is 25.0 Å². The Kier molecular flexibility index (Phi) is 7.10. The second-order valence-electron chi connectivity index (χ2n) is 7.66. The average molecular weight is 474 g/mol. The molecule has 4 rings (SSSR count). The summed E-state index contributed by atoms with van der Waals surface area (Å²) >= 11 is 6.38. The third-order valence-corrected chi connectivity index (χ3v) is 5.78. The number of amides is 1. The molecule has 33 heavy (non-hydrogen) atoms. The maximum Gasteiger partial charge on any atom is 0.216 e. The van der Waals surface area contributed by atoms with Crippen molar-refractivity contribution in [3.05, 3.63) is 35.6 Å². The number of benzene rings is 1. The maximum atomic E-state index is 11.2. The zero-order valence-corrected chi connectivity index (χ0v) is 19.7. The summed E-state index contributed by atoms with van der Waals surface area (Å²) in [6.45, 7) is 5.60. The molecular formula is C23H28ClN5O4. The molecule has 2 aromatic heterocycles. The lowest BCUT2D eigenvalue weighted by Gasteiger charge is -2.30. The molecule has 10 heteroatoms. The fraction of sp³-hybridized carbons (Fsp3) is 0.391. The SMILES string of the molecule is COc1cc(OC)c(-c2cn3cc(NCCNC(C)=O)c(N4CCOCC4)cc3n2)cc1Cl. The highest BCUT2D eigenvalue weighted by Gasteiger charge is 2.19. The minimum Gasteiger partial charge on any atom is -0.496 e. The molecular weight excluding hydrogens is 446 g/mol. The first-order valence-corrected chi connectivity index (χ1v) is 11.1. The van der Waals surface area contributed by atoms with Crippen molar-refractivity contribution in [2.45, 2.75) is 6.92 Å². The van der Waals surface area contributed by atoms with E-state index in [1.807, 2.05) is 16.8 Å². The zero-order chi connectivity index (χ0) is 23.4. The van der Waals surface area contributed by atoms with E-state index in [-0.39, 0.29) is 5.91 Å². The Morgan fingerprint density at radius 2 is 1.88 bits per heavy atom. The van der Waals surface area contributed by atoms with Crippen molar-refractivity contribution < 1.29 is 19.0 Å². The van der Waals surface area contributed by atoms with Crippen molar-refractivity contribution in [1.82, 2.24) is 14.7 Å². The first-order chi connectivity index (χ1) is 16.0. The van der Waals surface area contributed by atoms with E-state index in [1.54, 1.807) is 26.4 Å². The minimum atomic E-state index is -0.0491. The van der Waals surface area contributed by atoms with Gasteiger partial charge >= 0.3 is 0 Å². The number of ether oxygens (including phenoxy) is 3. The molecule has 0 aliphatic carbocycles. The van der Waals surface area contributed by atoms with Crippen LogP contribution in [0.5, 0.6) is 11.5 Å². The molecule has 0 radical (unpaired) electrons. The number of morpholine rings is 1. The Labute approximate surface area is 197 Å². The number of imidazole rings is 1. The highest BCUT2D eigenvalue weighted by atomic mass is 35.5. The van der Waals surface area contributed by atoms with Gasteiger partial charge in [0.2, 0.25) is 5.91 Å². The molecule has 0 unspecified atom stereocenters. The van der Waals surface area contributed by atoms with E-state index in [1.165, 1.54) is 6.92 Å². The molecule has 176 valence electrons. The van der Waals surface area contributed by atoms with Crippen LogP contribution in [0, 0.1) is 0 Å². The molecule has 1 aliphatic heterocycles. The number of methoxy groups -OCH3 is 2. The van der Waals surface area contributed by atoms with E-state index in [4.69, 9.17) is 30.8 Å². The summed E-state index contributed by atoms with van der Waals surface area (Å²) in [5, 5.41) is 6.75. The summed E-state index contributed by atoms with van der Waals surface area (Å²) in [6, 6.07) is 5.62. The van der Waals surface area contributed by atoms with E-state index in [0.29, 0.717) is 42.8 Å². The fourth-order valence-corrected chi connectivity index (χ4v) is 4.09. The van der Waals surface area contributed by atoms with Crippen LogP contribution in [0.15, 0.2) is 30.6 Å². The standard InChI is InChI=1S/C23H28ClN5O4/c1-15(30)25-4-5-26-19-14-29-13-18(16-10-17(24)22(32-3)12-21(16)31-2)27-23(29)11-20(19)28-6-8-33-9-7-28/h10-14,26H,4-9H2,1-3H3,(H,25,30). The predicted molar refractivity (Wildman–Crippen MR) is 129 cm³/mol. The Morgan fingerprint density at radius 3 is 2.58 bits per heavy atom. The van der Waals surface area contributed by atoms with Crippen molar-refractivity contribution in [2.24, 2.45) is 0 Å². The van der Waals surface area contributed by atoms with Gasteiger partial charge in [0.15, 0.2) is 0 Å². The summed E-state index contributed by atoms with van der Waals surface area (Å²) in [7, 11) is 3.18. The highest BCUT2D eigenvalue weighted by Crippen LogP contribution is 2.39. The number of fused-ring (bicyclic) bond motifs is 1. The number of pyridine rings is 1. The number of halogens is 1.